The Balaban J connectivity index is 1.33. The van der Waals surface area contributed by atoms with Crippen molar-refractivity contribution >= 4 is 33.6 Å². The van der Waals surface area contributed by atoms with Gasteiger partial charge in [0.1, 0.15) is 17.0 Å². The SMILES string of the molecule is Cn1c(CCc2cccc(NC(=O)c3cc4ccccc4oc3=O)c2)nc2ccccc21. The number of anilines is 1. The van der Waals surface area contributed by atoms with Crippen molar-refractivity contribution in [2.75, 3.05) is 5.32 Å². The van der Waals surface area contributed by atoms with E-state index in [0.717, 1.165) is 35.3 Å². The lowest BCUT2D eigenvalue weighted by atomic mass is 10.1. The van der Waals surface area contributed by atoms with Gasteiger partial charge in [0.2, 0.25) is 0 Å². The zero-order chi connectivity index (χ0) is 22.1. The first-order valence-electron chi connectivity index (χ1n) is 10.4. The number of amides is 1. The van der Waals surface area contributed by atoms with Crippen LogP contribution in [0.3, 0.4) is 0 Å². The van der Waals surface area contributed by atoms with Crippen LogP contribution in [0.4, 0.5) is 5.69 Å². The molecule has 0 aliphatic rings. The summed E-state index contributed by atoms with van der Waals surface area (Å²) in [5, 5.41) is 3.52. The molecule has 2 aromatic heterocycles. The highest BCUT2D eigenvalue weighted by Gasteiger charge is 2.14. The van der Waals surface area contributed by atoms with Gasteiger partial charge in [0.05, 0.1) is 11.0 Å². The summed E-state index contributed by atoms with van der Waals surface area (Å²) in [6.07, 6.45) is 1.55. The third-order valence-corrected chi connectivity index (χ3v) is 5.59. The van der Waals surface area contributed by atoms with E-state index in [4.69, 9.17) is 9.40 Å². The average Bonchev–Trinajstić information content (AvgIpc) is 3.13. The number of para-hydroxylation sites is 3. The zero-order valence-corrected chi connectivity index (χ0v) is 17.5. The molecule has 5 aromatic rings. The summed E-state index contributed by atoms with van der Waals surface area (Å²) in [5.74, 6) is 0.520. The zero-order valence-electron chi connectivity index (χ0n) is 17.5. The third-order valence-electron chi connectivity index (χ3n) is 5.59. The van der Waals surface area contributed by atoms with Crippen LogP contribution < -0.4 is 10.9 Å². The van der Waals surface area contributed by atoms with Gasteiger partial charge in [-0.05, 0) is 48.4 Å². The molecule has 0 aliphatic carbocycles. The molecule has 3 aromatic carbocycles. The molecule has 1 amide bonds. The van der Waals surface area contributed by atoms with Gasteiger partial charge in [-0.25, -0.2) is 9.78 Å². The topological polar surface area (TPSA) is 77.1 Å². The second-order valence-electron chi connectivity index (χ2n) is 7.72. The number of aryl methyl sites for hydroxylation is 3. The molecule has 2 heterocycles. The van der Waals surface area contributed by atoms with Crippen LogP contribution in [0.5, 0.6) is 0 Å². The highest BCUT2D eigenvalue weighted by molar-refractivity contribution is 6.05. The number of rotatable bonds is 5. The lowest BCUT2D eigenvalue weighted by Crippen LogP contribution is -2.20. The quantitative estimate of drug-likeness (QED) is 0.415. The smallest absolute Gasteiger partial charge is 0.349 e. The molecular formula is C26H21N3O3. The van der Waals surface area contributed by atoms with E-state index < -0.39 is 11.5 Å². The fourth-order valence-electron chi connectivity index (χ4n) is 3.90. The van der Waals surface area contributed by atoms with Crippen LogP contribution in [0.25, 0.3) is 22.0 Å². The molecule has 0 unspecified atom stereocenters. The Kier molecular flexibility index (Phi) is 5.03. The van der Waals surface area contributed by atoms with Crippen LogP contribution in [0, 0.1) is 0 Å². The molecule has 0 saturated heterocycles. The van der Waals surface area contributed by atoms with Crippen LogP contribution in [-0.4, -0.2) is 15.5 Å². The molecule has 0 radical (unpaired) electrons. The van der Waals surface area contributed by atoms with E-state index in [1.54, 1.807) is 30.3 Å². The number of benzene rings is 3. The minimum atomic E-state index is -0.654. The highest BCUT2D eigenvalue weighted by Crippen LogP contribution is 2.18. The van der Waals surface area contributed by atoms with E-state index in [9.17, 15) is 9.59 Å². The Labute approximate surface area is 184 Å². The van der Waals surface area contributed by atoms with Crippen molar-refractivity contribution in [2.24, 2.45) is 7.05 Å². The monoisotopic (exact) mass is 423 g/mol. The molecule has 6 nitrogen and oxygen atoms in total. The summed E-state index contributed by atoms with van der Waals surface area (Å²) < 4.78 is 7.38. The Hall–Kier alpha value is -4.19. The summed E-state index contributed by atoms with van der Waals surface area (Å²) in [4.78, 5) is 29.7. The Bertz CT molecular complexity index is 1510. The number of aromatic nitrogens is 2. The van der Waals surface area contributed by atoms with Crippen LogP contribution >= 0.6 is 0 Å². The summed E-state index contributed by atoms with van der Waals surface area (Å²) >= 11 is 0. The first-order valence-corrected chi connectivity index (χ1v) is 10.4. The lowest BCUT2D eigenvalue weighted by molar-refractivity contribution is 0.102. The summed E-state index contributed by atoms with van der Waals surface area (Å²) in [6.45, 7) is 0. The summed E-state index contributed by atoms with van der Waals surface area (Å²) in [7, 11) is 2.02. The van der Waals surface area contributed by atoms with Gasteiger partial charge in [-0.3, -0.25) is 4.79 Å². The van der Waals surface area contributed by atoms with Gasteiger partial charge in [0, 0.05) is 24.5 Å². The maximum atomic E-state index is 12.7. The molecule has 0 atom stereocenters. The average molecular weight is 423 g/mol. The van der Waals surface area contributed by atoms with E-state index in [1.165, 1.54) is 0 Å². The molecule has 0 fully saturated rings. The molecule has 0 saturated carbocycles. The molecule has 0 bridgehead atoms. The molecule has 6 heteroatoms. The first kappa shape index (κ1) is 19.8. The van der Waals surface area contributed by atoms with E-state index in [0.29, 0.717) is 16.7 Å². The molecule has 158 valence electrons. The number of nitrogens with zero attached hydrogens (tertiary/aromatic N) is 2. The normalized spacial score (nSPS) is 11.2. The second kappa shape index (κ2) is 8.15. The second-order valence-corrected chi connectivity index (χ2v) is 7.72. The van der Waals surface area contributed by atoms with Crippen molar-refractivity contribution < 1.29 is 9.21 Å². The van der Waals surface area contributed by atoms with Crippen molar-refractivity contribution in [3.63, 3.8) is 0 Å². The minimum absolute atomic E-state index is 0.0196. The Morgan fingerprint density at radius 2 is 1.78 bits per heavy atom. The maximum Gasteiger partial charge on any atom is 0.349 e. The number of hydrogen-bond acceptors (Lipinski definition) is 4. The van der Waals surface area contributed by atoms with E-state index in [1.807, 2.05) is 49.5 Å². The molecule has 32 heavy (non-hydrogen) atoms. The van der Waals surface area contributed by atoms with Crippen LogP contribution in [0.15, 0.2) is 88.1 Å². The fraction of sp³-hybridized carbons (Fsp3) is 0.115. The van der Waals surface area contributed by atoms with Crippen molar-refractivity contribution in [1.82, 2.24) is 9.55 Å². The number of nitrogens with one attached hydrogen (secondary N) is 1. The largest absolute Gasteiger partial charge is 0.422 e. The van der Waals surface area contributed by atoms with Gasteiger partial charge in [0.15, 0.2) is 0 Å². The predicted octanol–water partition coefficient (Wildman–Crippen LogP) is 4.72. The maximum absolute atomic E-state index is 12.7. The standard InChI is InChI=1S/C26H21N3O3/c1-29-22-11-4-3-10-21(22)28-24(29)14-13-17-7-6-9-19(15-17)27-25(30)20-16-18-8-2-5-12-23(18)32-26(20)31/h2-12,15-16H,13-14H2,1H3,(H,27,30). The van der Waals surface area contributed by atoms with E-state index >= 15 is 0 Å². The molecule has 5 rings (SSSR count). The fourth-order valence-corrected chi connectivity index (χ4v) is 3.90. The van der Waals surface area contributed by atoms with Gasteiger partial charge >= 0.3 is 5.63 Å². The number of carbonyl (C=O) groups is 1. The Morgan fingerprint density at radius 3 is 2.66 bits per heavy atom. The van der Waals surface area contributed by atoms with Gasteiger partial charge in [-0.15, -0.1) is 0 Å². The Morgan fingerprint density at radius 1 is 0.969 bits per heavy atom. The number of hydrogen-bond donors (Lipinski definition) is 1. The van der Waals surface area contributed by atoms with E-state index in [2.05, 4.69) is 16.0 Å². The van der Waals surface area contributed by atoms with Crippen molar-refractivity contribution in [3.05, 3.63) is 106 Å². The number of carbonyl (C=O) groups excluding carboxylic acids is 1. The van der Waals surface area contributed by atoms with Gasteiger partial charge in [-0.2, -0.15) is 0 Å². The number of imidazole rings is 1. The number of fused-ring (bicyclic) bond motifs is 2. The van der Waals surface area contributed by atoms with Crippen LogP contribution in [0.1, 0.15) is 21.7 Å². The van der Waals surface area contributed by atoms with E-state index in [-0.39, 0.29) is 5.56 Å². The summed E-state index contributed by atoms with van der Waals surface area (Å²) in [5.41, 5.74) is 3.58. The van der Waals surface area contributed by atoms with Crippen LogP contribution in [0.2, 0.25) is 0 Å². The summed E-state index contributed by atoms with van der Waals surface area (Å²) in [6, 6.07) is 24.4. The third kappa shape index (κ3) is 3.78. The van der Waals surface area contributed by atoms with Crippen molar-refractivity contribution in [3.8, 4) is 0 Å². The minimum Gasteiger partial charge on any atom is -0.422 e. The van der Waals surface area contributed by atoms with Crippen LogP contribution in [-0.2, 0) is 19.9 Å². The predicted molar refractivity (Wildman–Crippen MR) is 125 cm³/mol. The van der Waals surface area contributed by atoms with Gasteiger partial charge in [0.25, 0.3) is 5.91 Å². The van der Waals surface area contributed by atoms with Crippen molar-refractivity contribution in [1.29, 1.82) is 0 Å². The highest BCUT2D eigenvalue weighted by atomic mass is 16.4. The first-order chi connectivity index (χ1) is 15.6. The lowest BCUT2D eigenvalue weighted by Gasteiger charge is -2.08. The molecule has 0 spiro atoms. The van der Waals surface area contributed by atoms with Gasteiger partial charge < -0.3 is 14.3 Å². The molecular weight excluding hydrogens is 402 g/mol. The van der Waals surface area contributed by atoms with Gasteiger partial charge in [-0.1, -0.05) is 42.5 Å². The molecule has 1 N–H and O–H groups in total. The van der Waals surface area contributed by atoms with Crippen molar-refractivity contribution in [2.45, 2.75) is 12.8 Å². The molecule has 0 aliphatic heterocycles.